The zero-order chi connectivity index (χ0) is 14.4. The second-order valence-corrected chi connectivity index (χ2v) is 5.73. The first kappa shape index (κ1) is 14.9. The van der Waals surface area contributed by atoms with Crippen LogP contribution in [0.25, 0.3) is 0 Å². The average Bonchev–Trinajstić information content (AvgIpc) is 3.17. The molecule has 4 heteroatoms. The van der Waals surface area contributed by atoms with Gasteiger partial charge in [0.05, 0.1) is 13.0 Å². The Labute approximate surface area is 120 Å². The minimum absolute atomic E-state index is 0.0564. The largest absolute Gasteiger partial charge is 0.493 e. The van der Waals surface area contributed by atoms with Gasteiger partial charge in [-0.3, -0.25) is 4.79 Å². The van der Waals surface area contributed by atoms with Crippen LogP contribution in [0.1, 0.15) is 31.2 Å². The Morgan fingerprint density at radius 1 is 1.45 bits per heavy atom. The van der Waals surface area contributed by atoms with E-state index in [1.165, 1.54) is 12.8 Å². The molecule has 20 heavy (non-hydrogen) atoms. The molecule has 4 nitrogen and oxygen atoms in total. The lowest BCUT2D eigenvalue weighted by atomic mass is 10.0. The normalized spacial score (nSPS) is 15.7. The van der Waals surface area contributed by atoms with Crippen LogP contribution in [-0.2, 0) is 4.79 Å². The summed E-state index contributed by atoms with van der Waals surface area (Å²) >= 11 is 0. The monoisotopic (exact) mass is 276 g/mol. The predicted octanol–water partition coefficient (Wildman–Crippen LogP) is 2.01. The van der Waals surface area contributed by atoms with Crippen molar-refractivity contribution >= 4 is 5.91 Å². The number of amides is 1. The Morgan fingerprint density at radius 2 is 2.25 bits per heavy atom. The van der Waals surface area contributed by atoms with Crippen molar-refractivity contribution in [2.75, 3.05) is 19.7 Å². The van der Waals surface area contributed by atoms with Gasteiger partial charge < -0.3 is 15.8 Å². The first-order chi connectivity index (χ1) is 9.63. The van der Waals surface area contributed by atoms with Crippen molar-refractivity contribution in [1.82, 2.24) is 5.32 Å². The van der Waals surface area contributed by atoms with E-state index < -0.39 is 0 Å². The van der Waals surface area contributed by atoms with Crippen LogP contribution in [0.2, 0.25) is 0 Å². The zero-order valence-electron chi connectivity index (χ0n) is 12.2. The highest BCUT2D eigenvalue weighted by molar-refractivity contribution is 5.76. The fraction of sp³-hybridized carbons (Fsp3) is 0.562. The van der Waals surface area contributed by atoms with E-state index in [0.29, 0.717) is 25.0 Å². The lowest BCUT2D eigenvalue weighted by Crippen LogP contribution is -2.32. The van der Waals surface area contributed by atoms with E-state index >= 15 is 0 Å². The van der Waals surface area contributed by atoms with Crippen molar-refractivity contribution in [2.24, 2.45) is 11.1 Å². The number of hydrogen-bond acceptors (Lipinski definition) is 3. The van der Waals surface area contributed by atoms with E-state index in [1.807, 2.05) is 31.2 Å². The first-order valence-electron chi connectivity index (χ1n) is 7.30. The molecule has 0 bridgehead atoms. The number of rotatable bonds is 8. The third-order valence-corrected chi connectivity index (χ3v) is 3.88. The van der Waals surface area contributed by atoms with Crippen molar-refractivity contribution in [2.45, 2.75) is 32.6 Å². The molecule has 2 rings (SSSR count). The van der Waals surface area contributed by atoms with Crippen molar-refractivity contribution in [3.63, 3.8) is 0 Å². The Bertz CT molecular complexity index is 456. The molecule has 0 aromatic heterocycles. The van der Waals surface area contributed by atoms with Crippen LogP contribution in [0, 0.1) is 12.3 Å². The molecule has 110 valence electrons. The second-order valence-electron chi connectivity index (χ2n) is 5.73. The summed E-state index contributed by atoms with van der Waals surface area (Å²) in [5.74, 6) is 0.876. The number of nitrogens with two attached hydrogens (primary N) is 1. The topological polar surface area (TPSA) is 64.3 Å². The summed E-state index contributed by atoms with van der Waals surface area (Å²) in [5.41, 5.74) is 7.04. The predicted molar refractivity (Wildman–Crippen MR) is 79.6 cm³/mol. The molecule has 3 N–H and O–H groups in total. The summed E-state index contributed by atoms with van der Waals surface area (Å²) in [6.07, 6.45) is 3.77. The molecule has 0 atom stereocenters. The van der Waals surface area contributed by atoms with Crippen LogP contribution in [-0.4, -0.2) is 25.6 Å². The van der Waals surface area contributed by atoms with E-state index in [2.05, 4.69) is 5.32 Å². The summed E-state index contributed by atoms with van der Waals surface area (Å²) in [6.45, 7) is 3.89. The quantitative estimate of drug-likeness (QED) is 0.763. The van der Waals surface area contributed by atoms with Gasteiger partial charge in [-0.2, -0.15) is 0 Å². The standard InChI is InChI=1S/C16H24N2O2/c1-13-3-2-4-14(11-13)20-10-5-15(19)18-12-16(6-7-16)8-9-17/h2-4,11H,5-10,12,17H2,1H3,(H,18,19). The minimum atomic E-state index is 0.0564. The van der Waals surface area contributed by atoms with Crippen LogP contribution in [0.4, 0.5) is 0 Å². The Kier molecular flexibility index (Phi) is 5.01. The molecular weight excluding hydrogens is 252 g/mol. The van der Waals surface area contributed by atoms with Gasteiger partial charge >= 0.3 is 0 Å². The van der Waals surface area contributed by atoms with Crippen molar-refractivity contribution < 1.29 is 9.53 Å². The minimum Gasteiger partial charge on any atom is -0.493 e. The Hall–Kier alpha value is -1.55. The molecule has 1 aliphatic carbocycles. The van der Waals surface area contributed by atoms with Gasteiger partial charge in [-0.05, 0) is 55.8 Å². The highest BCUT2D eigenvalue weighted by Gasteiger charge is 2.41. The SMILES string of the molecule is Cc1cccc(OCCC(=O)NCC2(CCN)CC2)c1. The molecule has 0 aliphatic heterocycles. The van der Waals surface area contributed by atoms with Gasteiger partial charge in [0.2, 0.25) is 5.91 Å². The van der Waals surface area contributed by atoms with Crippen LogP contribution < -0.4 is 15.8 Å². The molecule has 0 heterocycles. The summed E-state index contributed by atoms with van der Waals surface area (Å²) in [6, 6.07) is 7.85. The van der Waals surface area contributed by atoms with Gasteiger partial charge in [-0.15, -0.1) is 0 Å². The van der Waals surface area contributed by atoms with Gasteiger partial charge in [0.1, 0.15) is 5.75 Å². The molecule has 1 aliphatic rings. The fourth-order valence-electron chi connectivity index (χ4n) is 2.34. The first-order valence-corrected chi connectivity index (χ1v) is 7.30. The number of carbonyl (C=O) groups is 1. The van der Waals surface area contributed by atoms with Gasteiger partial charge in [-0.25, -0.2) is 0 Å². The molecule has 0 unspecified atom stereocenters. The molecule has 1 saturated carbocycles. The molecule has 0 radical (unpaired) electrons. The van der Waals surface area contributed by atoms with Gasteiger partial charge in [0.25, 0.3) is 0 Å². The number of hydrogen-bond donors (Lipinski definition) is 2. The fourth-order valence-corrected chi connectivity index (χ4v) is 2.34. The van der Waals surface area contributed by atoms with Crippen molar-refractivity contribution in [3.05, 3.63) is 29.8 Å². The Morgan fingerprint density at radius 3 is 2.90 bits per heavy atom. The van der Waals surface area contributed by atoms with Crippen LogP contribution >= 0.6 is 0 Å². The smallest absolute Gasteiger partial charge is 0.223 e. The summed E-state index contributed by atoms with van der Waals surface area (Å²) < 4.78 is 5.57. The van der Waals surface area contributed by atoms with E-state index in [-0.39, 0.29) is 5.91 Å². The third-order valence-electron chi connectivity index (χ3n) is 3.88. The third kappa shape index (κ3) is 4.53. The maximum atomic E-state index is 11.8. The molecular formula is C16H24N2O2. The Balaban J connectivity index is 1.63. The molecule has 0 saturated heterocycles. The zero-order valence-corrected chi connectivity index (χ0v) is 12.2. The van der Waals surface area contributed by atoms with Gasteiger partial charge in [-0.1, -0.05) is 12.1 Å². The van der Waals surface area contributed by atoms with E-state index in [9.17, 15) is 4.79 Å². The van der Waals surface area contributed by atoms with E-state index in [1.54, 1.807) is 0 Å². The van der Waals surface area contributed by atoms with Crippen LogP contribution in [0.3, 0.4) is 0 Å². The summed E-state index contributed by atoms with van der Waals surface area (Å²) in [4.78, 5) is 11.8. The maximum Gasteiger partial charge on any atom is 0.223 e. The summed E-state index contributed by atoms with van der Waals surface area (Å²) in [7, 11) is 0. The lowest BCUT2D eigenvalue weighted by Gasteiger charge is -2.15. The molecule has 1 aromatic rings. The number of aryl methyl sites for hydroxylation is 1. The van der Waals surface area contributed by atoms with Crippen LogP contribution in [0.5, 0.6) is 5.75 Å². The van der Waals surface area contributed by atoms with E-state index in [0.717, 1.165) is 24.3 Å². The maximum absolute atomic E-state index is 11.8. The average molecular weight is 276 g/mol. The number of ether oxygens (including phenoxy) is 1. The molecule has 1 aromatic carbocycles. The molecule has 0 spiro atoms. The highest BCUT2D eigenvalue weighted by atomic mass is 16.5. The number of nitrogens with one attached hydrogen (secondary N) is 1. The van der Waals surface area contributed by atoms with Gasteiger partial charge in [0.15, 0.2) is 0 Å². The number of carbonyl (C=O) groups excluding carboxylic acids is 1. The number of benzene rings is 1. The van der Waals surface area contributed by atoms with Crippen LogP contribution in [0.15, 0.2) is 24.3 Å². The lowest BCUT2D eigenvalue weighted by molar-refractivity contribution is -0.121. The second kappa shape index (κ2) is 6.75. The van der Waals surface area contributed by atoms with E-state index in [4.69, 9.17) is 10.5 Å². The molecule has 1 fully saturated rings. The van der Waals surface area contributed by atoms with Crippen molar-refractivity contribution in [1.29, 1.82) is 0 Å². The molecule has 1 amide bonds. The van der Waals surface area contributed by atoms with Crippen molar-refractivity contribution in [3.8, 4) is 5.75 Å². The van der Waals surface area contributed by atoms with Gasteiger partial charge in [0, 0.05) is 6.54 Å². The highest BCUT2D eigenvalue weighted by Crippen LogP contribution is 2.47. The summed E-state index contributed by atoms with van der Waals surface area (Å²) in [5, 5.41) is 2.99.